The normalized spacial score (nSPS) is 16.8. The summed E-state index contributed by atoms with van der Waals surface area (Å²) in [4.78, 5) is 27.1. The second kappa shape index (κ2) is 9.32. The van der Waals surface area contributed by atoms with E-state index in [0.717, 1.165) is 17.1 Å². The zero-order valence-electron chi connectivity index (χ0n) is 18.1. The van der Waals surface area contributed by atoms with Gasteiger partial charge in [0.1, 0.15) is 17.3 Å². The van der Waals surface area contributed by atoms with Crippen LogP contribution in [0.1, 0.15) is 17.2 Å². The van der Waals surface area contributed by atoms with Gasteiger partial charge in [0.15, 0.2) is 18.5 Å². The third-order valence-corrected chi connectivity index (χ3v) is 5.89. The van der Waals surface area contributed by atoms with Crippen molar-refractivity contribution in [3.63, 3.8) is 0 Å². The monoisotopic (exact) mass is 447 g/mol. The summed E-state index contributed by atoms with van der Waals surface area (Å²) in [6.45, 7) is 1.85. The maximum Gasteiger partial charge on any atom is 0.264 e. The Morgan fingerprint density at radius 3 is 2.70 bits per heavy atom. The highest BCUT2D eigenvalue weighted by atomic mass is 16.5. The van der Waals surface area contributed by atoms with Crippen molar-refractivity contribution in [2.24, 2.45) is 0 Å². The van der Waals surface area contributed by atoms with E-state index in [1.54, 1.807) is 12.1 Å². The van der Waals surface area contributed by atoms with E-state index in [2.05, 4.69) is 15.5 Å². The Bertz CT molecular complexity index is 1120. The molecule has 0 spiro atoms. The summed E-state index contributed by atoms with van der Waals surface area (Å²) in [5.41, 5.74) is 1.07. The average Bonchev–Trinajstić information content (AvgIpc) is 3.39. The number of aromatic nitrogens is 3. The summed E-state index contributed by atoms with van der Waals surface area (Å²) in [5.74, 6) is 2.67. The van der Waals surface area contributed by atoms with Crippen molar-refractivity contribution >= 4 is 11.8 Å². The van der Waals surface area contributed by atoms with Crippen molar-refractivity contribution in [3.8, 4) is 11.5 Å². The first-order valence-corrected chi connectivity index (χ1v) is 11.1. The molecule has 9 heteroatoms. The molecule has 2 amide bonds. The van der Waals surface area contributed by atoms with Crippen LogP contribution >= 0.6 is 0 Å². The minimum Gasteiger partial charge on any atom is -0.484 e. The molecule has 1 aromatic heterocycles. The summed E-state index contributed by atoms with van der Waals surface area (Å²) in [7, 11) is 0. The second-order valence-corrected chi connectivity index (χ2v) is 8.06. The topological polar surface area (TPSA) is 98.6 Å². The maximum atomic E-state index is 13.1. The van der Waals surface area contributed by atoms with Crippen molar-refractivity contribution in [1.29, 1.82) is 0 Å². The fourth-order valence-electron chi connectivity index (χ4n) is 4.15. The van der Waals surface area contributed by atoms with Crippen molar-refractivity contribution in [2.45, 2.75) is 32.0 Å². The Kier molecular flexibility index (Phi) is 5.93. The number of para-hydroxylation sites is 2. The number of hydrogen-bond acceptors (Lipinski definition) is 6. The molecule has 2 aromatic carbocycles. The van der Waals surface area contributed by atoms with Gasteiger partial charge in [-0.3, -0.25) is 9.59 Å². The molecule has 9 nitrogen and oxygen atoms in total. The molecule has 0 aliphatic carbocycles. The van der Waals surface area contributed by atoms with Crippen molar-refractivity contribution < 1.29 is 19.1 Å². The molecule has 170 valence electrons. The molecular weight excluding hydrogens is 422 g/mol. The van der Waals surface area contributed by atoms with E-state index in [1.807, 2.05) is 51.9 Å². The Balaban J connectivity index is 1.14. The number of nitrogens with zero attached hydrogens (tertiary/aromatic N) is 4. The standard InChI is InChI=1S/C24H25N5O4/c30-23(16-32-18-7-2-1-3-8-18)25-15-22-27-26-21-10-11-28(12-13-29(21)22)24(31)20-14-17-6-4-5-9-19(17)33-20/h1-9,20H,10-16H2,(H,25,30). The Hall–Kier alpha value is -3.88. The zero-order chi connectivity index (χ0) is 22.6. The number of carbonyl (C=O) groups is 2. The lowest BCUT2D eigenvalue weighted by Gasteiger charge is -2.23. The number of ether oxygens (including phenoxy) is 2. The van der Waals surface area contributed by atoms with Crippen LogP contribution in [0.2, 0.25) is 0 Å². The third-order valence-electron chi connectivity index (χ3n) is 5.89. The number of carbonyl (C=O) groups excluding carboxylic acids is 2. The molecule has 1 N–H and O–H groups in total. The number of nitrogens with one attached hydrogen (secondary N) is 1. The summed E-state index contributed by atoms with van der Waals surface area (Å²) in [6, 6.07) is 17.0. The summed E-state index contributed by atoms with van der Waals surface area (Å²) in [6.07, 6.45) is 0.720. The summed E-state index contributed by atoms with van der Waals surface area (Å²) in [5, 5.41) is 11.3. The van der Waals surface area contributed by atoms with Crippen molar-refractivity contribution in [2.75, 3.05) is 19.7 Å². The number of hydrogen-bond donors (Lipinski definition) is 1. The number of benzene rings is 2. The van der Waals surface area contributed by atoms with Gasteiger partial charge in [-0.2, -0.15) is 0 Å². The highest BCUT2D eigenvalue weighted by Gasteiger charge is 2.33. The molecule has 2 aliphatic heterocycles. The van der Waals surface area contributed by atoms with Gasteiger partial charge in [-0.05, 0) is 23.8 Å². The quantitative estimate of drug-likeness (QED) is 0.613. The van der Waals surface area contributed by atoms with Gasteiger partial charge < -0.3 is 24.3 Å². The second-order valence-electron chi connectivity index (χ2n) is 8.06. The van der Waals surface area contributed by atoms with Crippen LogP contribution in [0.15, 0.2) is 54.6 Å². The van der Waals surface area contributed by atoms with Gasteiger partial charge in [0, 0.05) is 32.5 Å². The SMILES string of the molecule is O=C(COc1ccccc1)NCc1nnc2n1CCN(C(=O)C1Cc3ccccc3O1)CC2. The van der Waals surface area contributed by atoms with E-state index in [1.165, 1.54) is 0 Å². The van der Waals surface area contributed by atoms with Crippen LogP contribution < -0.4 is 14.8 Å². The molecule has 3 heterocycles. The van der Waals surface area contributed by atoms with Gasteiger partial charge in [-0.15, -0.1) is 10.2 Å². The first kappa shape index (κ1) is 21.0. The molecule has 0 saturated heterocycles. The fraction of sp³-hybridized carbons (Fsp3) is 0.333. The van der Waals surface area contributed by atoms with Crippen LogP contribution in [-0.2, 0) is 35.5 Å². The molecule has 1 unspecified atom stereocenters. The van der Waals surface area contributed by atoms with Gasteiger partial charge in [0.2, 0.25) is 0 Å². The van der Waals surface area contributed by atoms with Gasteiger partial charge in [0.05, 0.1) is 6.54 Å². The molecule has 0 fully saturated rings. The molecule has 0 bridgehead atoms. The Labute approximate surface area is 191 Å². The van der Waals surface area contributed by atoms with E-state index in [9.17, 15) is 9.59 Å². The maximum absolute atomic E-state index is 13.1. The van der Waals surface area contributed by atoms with E-state index < -0.39 is 6.10 Å². The highest BCUT2D eigenvalue weighted by Crippen LogP contribution is 2.29. The lowest BCUT2D eigenvalue weighted by molar-refractivity contribution is -0.137. The van der Waals surface area contributed by atoms with Crippen molar-refractivity contribution in [3.05, 3.63) is 71.8 Å². The molecule has 3 aromatic rings. The van der Waals surface area contributed by atoms with Crippen molar-refractivity contribution in [1.82, 2.24) is 25.0 Å². The lowest BCUT2D eigenvalue weighted by Crippen LogP contribution is -2.42. The Morgan fingerprint density at radius 2 is 1.85 bits per heavy atom. The van der Waals surface area contributed by atoms with Gasteiger partial charge in [0.25, 0.3) is 11.8 Å². The van der Waals surface area contributed by atoms with E-state index in [0.29, 0.717) is 44.0 Å². The van der Waals surface area contributed by atoms with Gasteiger partial charge in [-0.1, -0.05) is 36.4 Å². The predicted molar refractivity (Wildman–Crippen MR) is 119 cm³/mol. The van der Waals surface area contributed by atoms with Crippen LogP contribution in [0.3, 0.4) is 0 Å². The molecule has 5 rings (SSSR count). The summed E-state index contributed by atoms with van der Waals surface area (Å²) >= 11 is 0. The smallest absolute Gasteiger partial charge is 0.264 e. The van der Waals surface area contributed by atoms with E-state index >= 15 is 0 Å². The lowest BCUT2D eigenvalue weighted by atomic mass is 10.1. The average molecular weight is 447 g/mol. The minimum absolute atomic E-state index is 0.00201. The predicted octanol–water partition coefficient (Wildman–Crippen LogP) is 1.36. The first-order chi connectivity index (χ1) is 16.2. The summed E-state index contributed by atoms with van der Waals surface area (Å²) < 4.78 is 13.3. The molecular formula is C24H25N5O4. The van der Waals surface area contributed by atoms with Crippen LogP contribution in [-0.4, -0.2) is 57.3 Å². The Morgan fingerprint density at radius 1 is 1.03 bits per heavy atom. The fourth-order valence-corrected chi connectivity index (χ4v) is 4.15. The molecule has 0 saturated carbocycles. The minimum atomic E-state index is -0.477. The van der Waals surface area contributed by atoms with Crippen LogP contribution in [0.25, 0.3) is 0 Å². The van der Waals surface area contributed by atoms with Crippen LogP contribution in [0, 0.1) is 0 Å². The van der Waals surface area contributed by atoms with Crippen LogP contribution in [0.5, 0.6) is 11.5 Å². The molecule has 33 heavy (non-hydrogen) atoms. The number of amides is 2. The zero-order valence-corrected chi connectivity index (χ0v) is 18.1. The third kappa shape index (κ3) is 4.67. The van der Waals surface area contributed by atoms with Gasteiger partial charge in [-0.25, -0.2) is 0 Å². The van der Waals surface area contributed by atoms with Crippen LogP contribution in [0.4, 0.5) is 0 Å². The largest absolute Gasteiger partial charge is 0.484 e. The number of fused-ring (bicyclic) bond motifs is 2. The van der Waals surface area contributed by atoms with E-state index in [-0.39, 0.29) is 25.0 Å². The molecule has 0 radical (unpaired) electrons. The highest BCUT2D eigenvalue weighted by molar-refractivity contribution is 5.82. The molecule has 2 aliphatic rings. The number of rotatable bonds is 6. The first-order valence-electron chi connectivity index (χ1n) is 11.1. The van der Waals surface area contributed by atoms with Gasteiger partial charge >= 0.3 is 0 Å². The van der Waals surface area contributed by atoms with E-state index in [4.69, 9.17) is 9.47 Å². The molecule has 1 atom stereocenters.